The van der Waals surface area contributed by atoms with Crippen LogP contribution >= 0.6 is 15.9 Å². The molecule has 0 saturated carbocycles. The topological polar surface area (TPSA) is 21.3 Å². The van der Waals surface area contributed by atoms with E-state index < -0.39 is 0 Å². The van der Waals surface area contributed by atoms with Gasteiger partial charge in [-0.25, -0.2) is 4.39 Å². The highest BCUT2D eigenvalue weighted by atomic mass is 79.9. The molecule has 0 aliphatic carbocycles. The smallest absolute Gasteiger partial charge is 0.124 e. The van der Waals surface area contributed by atoms with Crippen molar-refractivity contribution in [1.29, 1.82) is 0 Å². The Morgan fingerprint density at radius 1 is 1.00 bits per heavy atom. The van der Waals surface area contributed by atoms with Crippen LogP contribution in [0, 0.1) is 12.7 Å². The number of ether oxygens (including phenoxy) is 1. The highest BCUT2D eigenvalue weighted by Gasteiger charge is 2.05. The Balaban J connectivity index is 1.67. The maximum atomic E-state index is 13.0. The van der Waals surface area contributed by atoms with E-state index in [-0.39, 0.29) is 5.82 Å². The first kappa shape index (κ1) is 17.5. The van der Waals surface area contributed by atoms with E-state index in [9.17, 15) is 4.39 Å². The number of nitrogens with one attached hydrogen (secondary N) is 1. The number of rotatable bonds is 6. The highest BCUT2D eigenvalue weighted by molar-refractivity contribution is 9.10. The molecule has 0 unspecified atom stereocenters. The summed E-state index contributed by atoms with van der Waals surface area (Å²) in [6, 6.07) is 20.5. The summed E-state index contributed by atoms with van der Waals surface area (Å²) in [5.74, 6) is 0.590. The lowest BCUT2D eigenvalue weighted by Crippen LogP contribution is -2.04. The number of anilines is 1. The third kappa shape index (κ3) is 4.83. The van der Waals surface area contributed by atoms with E-state index in [1.165, 1.54) is 17.7 Å². The van der Waals surface area contributed by atoms with Crippen LogP contribution in [-0.2, 0) is 13.2 Å². The van der Waals surface area contributed by atoms with Crippen molar-refractivity contribution in [2.24, 2.45) is 0 Å². The van der Waals surface area contributed by atoms with Crippen molar-refractivity contribution in [2.75, 3.05) is 5.32 Å². The molecule has 2 nitrogen and oxygen atoms in total. The van der Waals surface area contributed by atoms with Crippen LogP contribution in [0.5, 0.6) is 5.75 Å². The van der Waals surface area contributed by atoms with Gasteiger partial charge in [0, 0.05) is 22.3 Å². The zero-order chi connectivity index (χ0) is 17.6. The van der Waals surface area contributed by atoms with Gasteiger partial charge < -0.3 is 10.1 Å². The molecule has 0 atom stereocenters. The molecule has 0 aromatic heterocycles. The second kappa shape index (κ2) is 8.17. The van der Waals surface area contributed by atoms with Crippen molar-refractivity contribution in [3.8, 4) is 5.75 Å². The Morgan fingerprint density at radius 3 is 2.52 bits per heavy atom. The fourth-order valence-electron chi connectivity index (χ4n) is 2.55. The largest absolute Gasteiger partial charge is 0.489 e. The van der Waals surface area contributed by atoms with Crippen molar-refractivity contribution < 1.29 is 9.13 Å². The van der Waals surface area contributed by atoms with Gasteiger partial charge >= 0.3 is 0 Å². The zero-order valence-corrected chi connectivity index (χ0v) is 15.5. The van der Waals surface area contributed by atoms with E-state index in [0.29, 0.717) is 13.2 Å². The lowest BCUT2D eigenvalue weighted by Gasteiger charge is -2.14. The summed E-state index contributed by atoms with van der Waals surface area (Å²) in [7, 11) is 0. The van der Waals surface area contributed by atoms with E-state index >= 15 is 0 Å². The number of para-hydroxylation sites is 1. The highest BCUT2D eigenvalue weighted by Crippen LogP contribution is 2.24. The minimum atomic E-state index is -0.238. The first-order chi connectivity index (χ1) is 12.1. The normalized spacial score (nSPS) is 10.5. The Bertz CT molecular complexity index is 849. The maximum absolute atomic E-state index is 13.0. The number of benzene rings is 3. The minimum absolute atomic E-state index is 0.238. The lowest BCUT2D eigenvalue weighted by molar-refractivity contribution is 0.303. The van der Waals surface area contributed by atoms with Crippen LogP contribution in [0.15, 0.2) is 71.2 Å². The van der Waals surface area contributed by atoms with E-state index in [1.807, 2.05) is 30.3 Å². The fourth-order valence-corrected chi connectivity index (χ4v) is 3.02. The van der Waals surface area contributed by atoms with Gasteiger partial charge in [0.05, 0.1) is 0 Å². The molecule has 0 heterocycles. The number of aryl methyl sites for hydroxylation is 1. The molecular formula is C21H19BrFNO. The van der Waals surface area contributed by atoms with Crippen molar-refractivity contribution in [3.05, 3.63) is 93.7 Å². The van der Waals surface area contributed by atoms with Gasteiger partial charge in [-0.05, 0) is 54.4 Å². The molecule has 0 aliphatic heterocycles. The monoisotopic (exact) mass is 399 g/mol. The molecular weight excluding hydrogens is 381 g/mol. The van der Waals surface area contributed by atoms with Crippen LogP contribution in [-0.4, -0.2) is 0 Å². The second-order valence-electron chi connectivity index (χ2n) is 5.84. The van der Waals surface area contributed by atoms with Crippen LogP contribution in [0.3, 0.4) is 0 Å². The molecule has 0 aliphatic rings. The fraction of sp³-hybridized carbons (Fsp3) is 0.143. The molecule has 0 fully saturated rings. The van der Waals surface area contributed by atoms with Gasteiger partial charge in [0.1, 0.15) is 18.2 Å². The molecule has 0 radical (unpaired) electrons. The molecule has 128 valence electrons. The van der Waals surface area contributed by atoms with Gasteiger partial charge in [0.2, 0.25) is 0 Å². The number of halogens is 2. The Kier molecular flexibility index (Phi) is 5.71. The van der Waals surface area contributed by atoms with Crippen molar-refractivity contribution in [3.63, 3.8) is 0 Å². The van der Waals surface area contributed by atoms with Crippen LogP contribution in [0.2, 0.25) is 0 Å². The summed E-state index contributed by atoms with van der Waals surface area (Å²) in [6.45, 7) is 3.15. The van der Waals surface area contributed by atoms with Gasteiger partial charge in [-0.15, -0.1) is 0 Å². The first-order valence-corrected chi connectivity index (χ1v) is 8.86. The quantitative estimate of drug-likeness (QED) is 0.541. The number of hydrogen-bond donors (Lipinski definition) is 1. The molecule has 25 heavy (non-hydrogen) atoms. The summed E-state index contributed by atoms with van der Waals surface area (Å²) in [5, 5.41) is 3.45. The van der Waals surface area contributed by atoms with Crippen LogP contribution < -0.4 is 10.1 Å². The van der Waals surface area contributed by atoms with Crippen molar-refractivity contribution in [1.82, 2.24) is 0 Å². The van der Waals surface area contributed by atoms with E-state index in [1.54, 1.807) is 12.1 Å². The van der Waals surface area contributed by atoms with E-state index in [2.05, 4.69) is 40.3 Å². The molecule has 0 saturated heterocycles. The van der Waals surface area contributed by atoms with Gasteiger partial charge in [0.15, 0.2) is 0 Å². The van der Waals surface area contributed by atoms with E-state index in [0.717, 1.165) is 27.0 Å². The van der Waals surface area contributed by atoms with Gasteiger partial charge in [0.25, 0.3) is 0 Å². The third-order valence-electron chi connectivity index (χ3n) is 3.94. The minimum Gasteiger partial charge on any atom is -0.489 e. The van der Waals surface area contributed by atoms with Crippen LogP contribution in [0.25, 0.3) is 0 Å². The summed E-state index contributed by atoms with van der Waals surface area (Å²) in [6.07, 6.45) is 0. The van der Waals surface area contributed by atoms with E-state index in [4.69, 9.17) is 4.74 Å². The summed E-state index contributed by atoms with van der Waals surface area (Å²) < 4.78 is 20.0. The van der Waals surface area contributed by atoms with Gasteiger partial charge in [-0.1, -0.05) is 46.3 Å². The standard InChI is InChI=1S/C21H19BrFNO/c1-15-12-18(22)8-11-20(15)24-13-17-4-2-3-5-21(17)25-14-16-6-9-19(23)10-7-16/h2-12,24H,13-14H2,1H3. The zero-order valence-electron chi connectivity index (χ0n) is 13.9. The Morgan fingerprint density at radius 2 is 1.76 bits per heavy atom. The van der Waals surface area contributed by atoms with Gasteiger partial charge in [-0.2, -0.15) is 0 Å². The SMILES string of the molecule is Cc1cc(Br)ccc1NCc1ccccc1OCc1ccc(F)cc1. The van der Waals surface area contributed by atoms with Gasteiger partial charge in [-0.3, -0.25) is 0 Å². The molecule has 0 bridgehead atoms. The average Bonchev–Trinajstić information content (AvgIpc) is 2.61. The molecule has 0 amide bonds. The Labute approximate surface area is 155 Å². The molecule has 4 heteroatoms. The van der Waals surface area contributed by atoms with Crippen LogP contribution in [0.4, 0.5) is 10.1 Å². The maximum Gasteiger partial charge on any atom is 0.124 e. The summed E-state index contributed by atoms with van der Waals surface area (Å²) >= 11 is 3.48. The first-order valence-electron chi connectivity index (χ1n) is 8.07. The van der Waals surface area contributed by atoms with Crippen molar-refractivity contribution in [2.45, 2.75) is 20.1 Å². The predicted molar refractivity (Wildman–Crippen MR) is 103 cm³/mol. The molecule has 3 aromatic carbocycles. The Hall–Kier alpha value is -2.33. The molecule has 0 spiro atoms. The van der Waals surface area contributed by atoms with Crippen LogP contribution in [0.1, 0.15) is 16.7 Å². The predicted octanol–water partition coefficient (Wildman–Crippen LogP) is 6.09. The second-order valence-corrected chi connectivity index (χ2v) is 6.75. The summed E-state index contributed by atoms with van der Waals surface area (Å²) in [5.41, 5.74) is 4.29. The van der Waals surface area contributed by atoms with Crippen molar-refractivity contribution >= 4 is 21.6 Å². The number of hydrogen-bond acceptors (Lipinski definition) is 2. The average molecular weight is 400 g/mol. The molecule has 3 aromatic rings. The molecule has 3 rings (SSSR count). The summed E-state index contributed by atoms with van der Waals surface area (Å²) in [4.78, 5) is 0. The lowest BCUT2D eigenvalue weighted by atomic mass is 10.1. The third-order valence-corrected chi connectivity index (χ3v) is 4.43. The molecule has 1 N–H and O–H groups in total.